The van der Waals surface area contributed by atoms with Crippen molar-refractivity contribution in [2.45, 2.75) is 0 Å². The summed E-state index contributed by atoms with van der Waals surface area (Å²) in [7, 11) is 0. The fourth-order valence-electron chi connectivity index (χ4n) is 0.993. The molecule has 2 rings (SSSR count). The van der Waals surface area contributed by atoms with Gasteiger partial charge >= 0.3 is 6.01 Å². The van der Waals surface area contributed by atoms with Gasteiger partial charge in [0.25, 0.3) is 0 Å². The number of oxazole rings is 1. The summed E-state index contributed by atoms with van der Waals surface area (Å²) in [6.07, 6.45) is 1.59. The number of hydrogen-bond acceptors (Lipinski definition) is 5. The van der Waals surface area contributed by atoms with Crippen LogP contribution in [0.25, 0.3) is 11.1 Å². The number of nitrogens with one attached hydrogen (secondary N) is 1. The Labute approximate surface area is 78.9 Å². The van der Waals surface area contributed by atoms with Gasteiger partial charge in [-0.05, 0) is 12.1 Å². The van der Waals surface area contributed by atoms with E-state index in [2.05, 4.69) is 15.3 Å². The lowest BCUT2D eigenvalue weighted by molar-refractivity contribution is 0.599. The molecule has 1 aromatic carbocycles. The molecule has 68 valence electrons. The monoisotopic (exact) mass is 187 g/mol. The van der Waals surface area contributed by atoms with Crippen molar-refractivity contribution in [3.63, 3.8) is 0 Å². The zero-order valence-electron chi connectivity index (χ0n) is 7.01. The van der Waals surface area contributed by atoms with Crippen LogP contribution in [0.2, 0.25) is 0 Å². The maximum atomic E-state index is 8.12. The zero-order valence-corrected chi connectivity index (χ0v) is 7.01. The molecule has 6 heteroatoms. The summed E-state index contributed by atoms with van der Waals surface area (Å²) < 4.78 is 5.19. The lowest BCUT2D eigenvalue weighted by Crippen LogP contribution is -1.88. The van der Waals surface area contributed by atoms with Crippen molar-refractivity contribution in [2.24, 2.45) is 10.3 Å². The number of aromatic nitrogens is 1. The average Bonchev–Trinajstić information content (AvgIpc) is 2.60. The van der Waals surface area contributed by atoms with E-state index in [4.69, 9.17) is 9.68 Å². The van der Waals surface area contributed by atoms with Crippen molar-refractivity contribution in [3.05, 3.63) is 24.3 Å². The third-order valence-electron chi connectivity index (χ3n) is 1.52. The summed E-state index contributed by atoms with van der Waals surface area (Å²) >= 11 is 0. The Morgan fingerprint density at radius 3 is 3.07 bits per heavy atom. The average molecular weight is 187 g/mol. The predicted octanol–water partition coefficient (Wildman–Crippen LogP) is 1.90. The topological polar surface area (TPSA) is 86.6 Å². The molecular formula is C8H5N5O. The Hall–Kier alpha value is -2.42. The number of benzene rings is 1. The van der Waals surface area contributed by atoms with E-state index >= 15 is 0 Å². The molecule has 1 aromatic heterocycles. The zero-order chi connectivity index (χ0) is 9.80. The highest BCUT2D eigenvalue weighted by Gasteiger charge is 2.02. The van der Waals surface area contributed by atoms with Gasteiger partial charge in [-0.15, -0.1) is 0 Å². The molecule has 0 aliphatic heterocycles. The number of rotatable bonds is 2. The SMILES string of the molecule is N#CN/N=N\c1nc2ccccc2o1. The Bertz CT molecular complexity index is 477. The van der Waals surface area contributed by atoms with Gasteiger partial charge in [-0.1, -0.05) is 22.5 Å². The van der Waals surface area contributed by atoms with Crippen LogP contribution in [0, 0.1) is 11.5 Å². The Morgan fingerprint density at radius 2 is 2.29 bits per heavy atom. The van der Waals surface area contributed by atoms with Gasteiger partial charge < -0.3 is 4.42 Å². The van der Waals surface area contributed by atoms with Crippen molar-refractivity contribution < 1.29 is 4.42 Å². The molecule has 0 amide bonds. The van der Waals surface area contributed by atoms with E-state index in [0.717, 1.165) is 0 Å². The number of nitriles is 1. The quantitative estimate of drug-likeness (QED) is 0.336. The molecule has 0 aliphatic rings. The Kier molecular flexibility index (Phi) is 2.07. The van der Waals surface area contributed by atoms with Gasteiger partial charge in [0.2, 0.25) is 0 Å². The van der Waals surface area contributed by atoms with Gasteiger partial charge in [-0.3, -0.25) is 0 Å². The van der Waals surface area contributed by atoms with Crippen molar-refractivity contribution >= 4 is 17.1 Å². The minimum atomic E-state index is 0.119. The fourth-order valence-corrected chi connectivity index (χ4v) is 0.993. The molecule has 0 spiro atoms. The van der Waals surface area contributed by atoms with Crippen LogP contribution < -0.4 is 5.43 Å². The molecule has 6 nitrogen and oxygen atoms in total. The summed E-state index contributed by atoms with van der Waals surface area (Å²) in [6.45, 7) is 0. The van der Waals surface area contributed by atoms with Gasteiger partial charge in [0.05, 0.1) is 0 Å². The van der Waals surface area contributed by atoms with Crippen molar-refractivity contribution in [2.75, 3.05) is 0 Å². The molecule has 1 N–H and O–H groups in total. The second kappa shape index (κ2) is 3.53. The van der Waals surface area contributed by atoms with Crippen LogP contribution in [0.4, 0.5) is 6.01 Å². The van der Waals surface area contributed by atoms with Crippen LogP contribution in [-0.4, -0.2) is 4.98 Å². The highest BCUT2D eigenvalue weighted by Crippen LogP contribution is 2.19. The second-order valence-corrected chi connectivity index (χ2v) is 2.39. The van der Waals surface area contributed by atoms with Crippen molar-refractivity contribution in [1.82, 2.24) is 10.4 Å². The number of hydrogen-bond donors (Lipinski definition) is 1. The number of para-hydroxylation sites is 2. The highest BCUT2D eigenvalue weighted by atomic mass is 16.4. The Morgan fingerprint density at radius 1 is 1.43 bits per heavy atom. The van der Waals surface area contributed by atoms with Crippen molar-refractivity contribution in [3.8, 4) is 6.19 Å². The minimum Gasteiger partial charge on any atom is -0.421 e. The Balaban J connectivity index is 2.32. The van der Waals surface area contributed by atoms with Crippen LogP contribution in [0.5, 0.6) is 0 Å². The third kappa shape index (κ3) is 1.51. The first-order valence-corrected chi connectivity index (χ1v) is 3.80. The van der Waals surface area contributed by atoms with Crippen molar-refractivity contribution in [1.29, 1.82) is 5.26 Å². The first kappa shape index (κ1) is 8.19. The first-order valence-electron chi connectivity index (χ1n) is 3.80. The van der Waals surface area contributed by atoms with Crippen LogP contribution in [0.1, 0.15) is 0 Å². The van der Waals surface area contributed by atoms with E-state index in [1.54, 1.807) is 18.3 Å². The number of fused-ring (bicyclic) bond motifs is 1. The molecule has 0 bridgehead atoms. The molecule has 0 radical (unpaired) electrons. The van der Waals surface area contributed by atoms with Gasteiger partial charge in [0.1, 0.15) is 5.52 Å². The first-order chi connectivity index (χ1) is 6.90. The summed E-state index contributed by atoms with van der Waals surface area (Å²) in [6, 6.07) is 7.38. The van der Waals surface area contributed by atoms with Crippen LogP contribution in [-0.2, 0) is 0 Å². The molecule has 0 saturated carbocycles. The van der Waals surface area contributed by atoms with Crippen LogP contribution in [0.3, 0.4) is 0 Å². The number of nitrogens with zero attached hydrogens (tertiary/aromatic N) is 4. The van der Waals surface area contributed by atoms with Crippen LogP contribution in [0.15, 0.2) is 39.0 Å². The maximum absolute atomic E-state index is 8.12. The molecule has 0 atom stereocenters. The van der Waals surface area contributed by atoms with Gasteiger partial charge in [0, 0.05) is 0 Å². The summed E-state index contributed by atoms with van der Waals surface area (Å²) in [4.78, 5) is 4.01. The van der Waals surface area contributed by atoms with Crippen LogP contribution >= 0.6 is 0 Å². The predicted molar refractivity (Wildman–Crippen MR) is 47.3 cm³/mol. The normalized spacial score (nSPS) is 10.5. The molecule has 2 aromatic rings. The standard InChI is InChI=1S/C8H5N5O/c9-5-10-13-12-8-11-6-3-1-2-4-7(6)14-8/h1-4H,(H,10,11,12). The van der Waals surface area contributed by atoms with E-state index in [-0.39, 0.29) is 6.01 Å². The molecule has 0 saturated heterocycles. The van der Waals surface area contributed by atoms with E-state index in [9.17, 15) is 0 Å². The van der Waals surface area contributed by atoms with E-state index in [1.165, 1.54) is 0 Å². The summed E-state index contributed by atoms with van der Waals surface area (Å²) in [5, 5.41) is 15.0. The van der Waals surface area contributed by atoms with E-state index < -0.39 is 0 Å². The fraction of sp³-hybridized carbons (Fsp3) is 0. The summed E-state index contributed by atoms with van der Waals surface area (Å²) in [5.41, 5.74) is 3.35. The lowest BCUT2D eigenvalue weighted by Gasteiger charge is -1.80. The molecule has 14 heavy (non-hydrogen) atoms. The van der Waals surface area contributed by atoms with E-state index in [0.29, 0.717) is 11.1 Å². The third-order valence-corrected chi connectivity index (χ3v) is 1.52. The molecule has 0 fully saturated rings. The maximum Gasteiger partial charge on any atom is 0.343 e. The van der Waals surface area contributed by atoms with Gasteiger partial charge in [-0.25, -0.2) is 0 Å². The molecular weight excluding hydrogens is 182 g/mol. The second-order valence-electron chi connectivity index (χ2n) is 2.39. The largest absolute Gasteiger partial charge is 0.421 e. The highest BCUT2D eigenvalue weighted by molar-refractivity contribution is 5.73. The molecule has 1 heterocycles. The van der Waals surface area contributed by atoms with Gasteiger partial charge in [0.15, 0.2) is 11.8 Å². The smallest absolute Gasteiger partial charge is 0.343 e. The van der Waals surface area contributed by atoms with Gasteiger partial charge in [-0.2, -0.15) is 15.7 Å². The summed E-state index contributed by atoms with van der Waals surface area (Å²) in [5.74, 6) is 0. The molecule has 0 unspecified atom stereocenters. The minimum absolute atomic E-state index is 0.119. The lowest BCUT2D eigenvalue weighted by atomic mass is 10.3. The van der Waals surface area contributed by atoms with E-state index in [1.807, 2.05) is 17.6 Å². The molecule has 0 aliphatic carbocycles.